The molecule has 1 saturated heterocycles. The Bertz CT molecular complexity index is 1200. The summed E-state index contributed by atoms with van der Waals surface area (Å²) in [4.78, 5) is 13.3. The third-order valence-electron chi connectivity index (χ3n) is 6.09. The van der Waals surface area contributed by atoms with Gasteiger partial charge in [0.2, 0.25) is 0 Å². The molecule has 4 heterocycles. The largest absolute Gasteiger partial charge is 0.404 e. The number of hydrogen-bond donors (Lipinski definition) is 1. The van der Waals surface area contributed by atoms with Gasteiger partial charge in [0, 0.05) is 55.1 Å². The zero-order chi connectivity index (χ0) is 20.8. The molecule has 3 aromatic heterocycles. The van der Waals surface area contributed by atoms with E-state index in [1.54, 1.807) is 25.7 Å². The Morgan fingerprint density at radius 2 is 2.27 bits per heavy atom. The fraction of sp³-hybridized carbons (Fsp3) is 0.381. The average Bonchev–Trinajstić information content (AvgIpc) is 3.36. The van der Waals surface area contributed by atoms with Gasteiger partial charge in [0.25, 0.3) is 0 Å². The molecule has 0 unspecified atom stereocenters. The van der Waals surface area contributed by atoms with E-state index in [1.807, 2.05) is 27.5 Å². The summed E-state index contributed by atoms with van der Waals surface area (Å²) >= 11 is 0. The van der Waals surface area contributed by atoms with Crippen LogP contribution in [0.3, 0.4) is 0 Å². The summed E-state index contributed by atoms with van der Waals surface area (Å²) in [6.07, 6.45) is 12.8. The van der Waals surface area contributed by atoms with E-state index in [-0.39, 0.29) is 11.0 Å². The first kappa shape index (κ1) is 18.5. The number of aliphatic imine (C=N–C) groups is 1. The highest BCUT2D eigenvalue weighted by molar-refractivity contribution is 6.09. The molecule has 9 heteroatoms. The van der Waals surface area contributed by atoms with Crippen molar-refractivity contribution >= 4 is 17.4 Å². The number of rotatable bonds is 5. The van der Waals surface area contributed by atoms with Crippen molar-refractivity contribution in [3.8, 4) is 17.5 Å². The fourth-order valence-corrected chi connectivity index (χ4v) is 4.76. The van der Waals surface area contributed by atoms with Crippen molar-refractivity contribution in [3.05, 3.63) is 42.7 Å². The van der Waals surface area contributed by atoms with Gasteiger partial charge < -0.3 is 10.5 Å². The molecule has 0 aromatic carbocycles. The van der Waals surface area contributed by atoms with Crippen molar-refractivity contribution in [1.82, 2.24) is 24.1 Å². The number of nitrogens with two attached hydrogens (primary N) is 1. The van der Waals surface area contributed by atoms with E-state index in [0.29, 0.717) is 23.5 Å². The van der Waals surface area contributed by atoms with Gasteiger partial charge in [-0.05, 0) is 12.8 Å². The molecule has 9 nitrogen and oxygen atoms in total. The van der Waals surface area contributed by atoms with Crippen LogP contribution in [-0.4, -0.2) is 50.6 Å². The number of hydrogen-bond acceptors (Lipinski definition) is 7. The molecule has 1 aliphatic carbocycles. The normalized spacial score (nSPS) is 19.7. The van der Waals surface area contributed by atoms with Crippen molar-refractivity contribution < 1.29 is 4.74 Å². The van der Waals surface area contributed by atoms with E-state index < -0.39 is 0 Å². The summed E-state index contributed by atoms with van der Waals surface area (Å²) in [6.45, 7) is 1.56. The Kier molecular flexibility index (Phi) is 4.18. The number of fused-ring (bicyclic) bond motifs is 1. The Morgan fingerprint density at radius 3 is 2.93 bits per heavy atom. The maximum absolute atomic E-state index is 9.42. The summed E-state index contributed by atoms with van der Waals surface area (Å²) in [5.74, 6) is 0.711. The Morgan fingerprint density at radius 1 is 1.43 bits per heavy atom. The molecular weight excluding hydrogens is 380 g/mol. The third kappa shape index (κ3) is 2.72. The second-order valence-electron chi connectivity index (χ2n) is 8.21. The van der Waals surface area contributed by atoms with E-state index in [0.717, 1.165) is 37.3 Å². The van der Waals surface area contributed by atoms with Crippen molar-refractivity contribution in [2.75, 3.05) is 20.3 Å². The van der Waals surface area contributed by atoms with Crippen molar-refractivity contribution in [1.29, 1.82) is 5.26 Å². The standard InChI is InChI=1S/C21H22N8O/c1-24-8-15(7-23)17-6-18-25-4-5-28(18)19(27-17)16-9-26-29(10-16)21(2-3-22)11-20(12-21)13-30-14-20/h4-10H,2,11-14,23H2,1H3. The number of nitriles is 1. The summed E-state index contributed by atoms with van der Waals surface area (Å²) in [7, 11) is 1.69. The number of allylic oxidation sites excluding steroid dienone is 1. The fourth-order valence-electron chi connectivity index (χ4n) is 4.76. The highest BCUT2D eigenvalue weighted by atomic mass is 16.5. The van der Waals surface area contributed by atoms with Crippen LogP contribution in [0.15, 0.2) is 42.0 Å². The van der Waals surface area contributed by atoms with Crippen LogP contribution in [0.25, 0.3) is 22.6 Å². The van der Waals surface area contributed by atoms with Crippen LogP contribution in [0.5, 0.6) is 0 Å². The molecule has 2 N–H and O–H groups in total. The lowest BCUT2D eigenvalue weighted by Gasteiger charge is -2.59. The highest BCUT2D eigenvalue weighted by Crippen LogP contribution is 2.58. The van der Waals surface area contributed by atoms with E-state index in [9.17, 15) is 5.26 Å². The van der Waals surface area contributed by atoms with Crippen LogP contribution in [0.2, 0.25) is 0 Å². The molecule has 1 aliphatic heterocycles. The summed E-state index contributed by atoms with van der Waals surface area (Å²) < 4.78 is 9.27. The molecular formula is C21H22N8O. The first-order chi connectivity index (χ1) is 14.6. The predicted octanol–water partition coefficient (Wildman–Crippen LogP) is 2.01. The van der Waals surface area contributed by atoms with Crippen molar-refractivity contribution in [2.45, 2.75) is 24.8 Å². The quantitative estimate of drug-likeness (QED) is 0.652. The summed E-state index contributed by atoms with van der Waals surface area (Å²) in [5, 5.41) is 14.1. The minimum atomic E-state index is -0.278. The molecule has 2 aliphatic rings. The van der Waals surface area contributed by atoms with Gasteiger partial charge in [-0.3, -0.25) is 14.1 Å². The van der Waals surface area contributed by atoms with Crippen LogP contribution in [-0.2, 0) is 10.3 Å². The lowest BCUT2D eigenvalue weighted by Crippen LogP contribution is -2.62. The number of aromatic nitrogens is 5. The minimum absolute atomic E-state index is 0.221. The highest BCUT2D eigenvalue weighted by Gasteiger charge is 2.59. The van der Waals surface area contributed by atoms with Gasteiger partial charge >= 0.3 is 0 Å². The monoisotopic (exact) mass is 402 g/mol. The van der Waals surface area contributed by atoms with Crippen molar-refractivity contribution in [2.24, 2.45) is 16.1 Å². The Hall–Kier alpha value is -3.51. The average molecular weight is 402 g/mol. The summed E-state index contributed by atoms with van der Waals surface area (Å²) in [6, 6.07) is 4.22. The van der Waals surface area contributed by atoms with Crippen molar-refractivity contribution in [3.63, 3.8) is 0 Å². The first-order valence-electron chi connectivity index (χ1n) is 9.81. The number of nitrogens with zero attached hydrogens (tertiary/aromatic N) is 7. The number of imidazole rings is 1. The molecule has 1 saturated carbocycles. The van der Waals surface area contributed by atoms with E-state index in [2.05, 4.69) is 21.1 Å². The first-order valence-corrected chi connectivity index (χ1v) is 9.81. The van der Waals surface area contributed by atoms with E-state index in [1.165, 1.54) is 6.20 Å². The third-order valence-corrected chi connectivity index (χ3v) is 6.09. The molecule has 0 bridgehead atoms. The summed E-state index contributed by atoms with van der Waals surface area (Å²) in [5.41, 5.74) is 8.74. The smallest absolute Gasteiger partial charge is 0.149 e. The van der Waals surface area contributed by atoms with Crippen LogP contribution in [0.1, 0.15) is 25.0 Å². The zero-order valence-electron chi connectivity index (χ0n) is 16.7. The van der Waals surface area contributed by atoms with Gasteiger partial charge in [-0.25, -0.2) is 9.97 Å². The van der Waals surface area contributed by atoms with E-state index in [4.69, 9.17) is 15.5 Å². The van der Waals surface area contributed by atoms with E-state index >= 15 is 0 Å². The van der Waals surface area contributed by atoms with Gasteiger partial charge in [0.15, 0.2) is 0 Å². The van der Waals surface area contributed by atoms with Gasteiger partial charge in [-0.15, -0.1) is 0 Å². The van der Waals surface area contributed by atoms with Crippen LogP contribution in [0, 0.1) is 16.7 Å². The molecule has 30 heavy (non-hydrogen) atoms. The maximum atomic E-state index is 9.42. The number of ether oxygens (including phenoxy) is 1. The maximum Gasteiger partial charge on any atom is 0.149 e. The van der Waals surface area contributed by atoms with Crippen LogP contribution < -0.4 is 5.73 Å². The lowest BCUT2D eigenvalue weighted by atomic mass is 9.55. The minimum Gasteiger partial charge on any atom is -0.404 e. The molecule has 0 amide bonds. The predicted molar refractivity (Wildman–Crippen MR) is 111 cm³/mol. The molecule has 0 radical (unpaired) electrons. The van der Waals surface area contributed by atoms with Gasteiger partial charge in [0.1, 0.15) is 11.5 Å². The molecule has 1 spiro atoms. The molecule has 3 aromatic rings. The van der Waals surface area contributed by atoms with Gasteiger partial charge in [-0.1, -0.05) is 0 Å². The second kappa shape index (κ2) is 6.78. The van der Waals surface area contributed by atoms with Gasteiger partial charge in [-0.2, -0.15) is 10.4 Å². The van der Waals surface area contributed by atoms with Crippen LogP contribution in [0.4, 0.5) is 0 Å². The van der Waals surface area contributed by atoms with Gasteiger partial charge in [0.05, 0.1) is 48.7 Å². The lowest BCUT2D eigenvalue weighted by molar-refractivity contribution is -0.206. The molecule has 2 fully saturated rings. The topological polar surface area (TPSA) is 119 Å². The molecule has 152 valence electrons. The molecule has 5 rings (SSSR count). The SMILES string of the molecule is CN=CC(=CN)c1cc2nccn2c(-c2cnn(C3(CC#N)CC4(COC4)C3)c2)n1. The Labute approximate surface area is 173 Å². The van der Waals surface area contributed by atoms with Crippen LogP contribution >= 0.6 is 0 Å². The Balaban J connectivity index is 1.56. The molecule has 0 atom stereocenters. The second-order valence-corrected chi connectivity index (χ2v) is 8.21. The zero-order valence-corrected chi connectivity index (χ0v) is 16.7.